The number of aryl methyl sites for hydroxylation is 1. The van der Waals surface area contributed by atoms with E-state index in [2.05, 4.69) is 15.5 Å². The molecule has 1 atom stereocenters. The molecule has 0 fully saturated rings. The molecule has 9 nitrogen and oxygen atoms in total. The minimum Gasteiger partial charge on any atom is -0.335 e. The predicted octanol–water partition coefficient (Wildman–Crippen LogP) is 3.12. The third-order valence-electron chi connectivity index (χ3n) is 5.15. The largest absolute Gasteiger partial charge is 0.335 e. The number of anilines is 1. The quantitative estimate of drug-likeness (QED) is 0.350. The Morgan fingerprint density at radius 3 is 2.52 bits per heavy atom. The summed E-state index contributed by atoms with van der Waals surface area (Å²) in [6.07, 6.45) is 0. The number of hydrogen-bond donors (Lipinski definition) is 2. The molecule has 0 radical (unpaired) electrons. The van der Waals surface area contributed by atoms with Crippen LogP contribution < -0.4 is 11.2 Å². The number of sulfonamides is 1. The average molecular weight is 489 g/mol. The van der Waals surface area contributed by atoms with Crippen LogP contribution in [-0.4, -0.2) is 51.8 Å². The van der Waals surface area contributed by atoms with Crippen molar-refractivity contribution in [2.75, 3.05) is 24.2 Å². The van der Waals surface area contributed by atoms with Gasteiger partial charge in [0.1, 0.15) is 0 Å². The van der Waals surface area contributed by atoms with Crippen LogP contribution in [0.5, 0.6) is 0 Å². The molecule has 1 amide bonds. The lowest BCUT2D eigenvalue weighted by molar-refractivity contribution is -0.115. The monoisotopic (exact) mass is 488 g/mol. The van der Waals surface area contributed by atoms with Crippen molar-refractivity contribution >= 4 is 33.4 Å². The third-order valence-corrected chi connectivity index (χ3v) is 8.26. The fraction of sp³-hybridized carbons (Fsp3) is 0.318. The first kappa shape index (κ1) is 24.7. The van der Waals surface area contributed by atoms with Crippen LogP contribution >= 0.6 is 11.8 Å². The molecule has 1 unspecified atom stereocenters. The zero-order chi connectivity index (χ0) is 24.2. The van der Waals surface area contributed by atoms with Crippen molar-refractivity contribution in [3.8, 4) is 11.4 Å². The number of nitrogens with one attached hydrogen (secondary N) is 1. The molecule has 33 heavy (non-hydrogen) atoms. The number of aromatic nitrogens is 3. The van der Waals surface area contributed by atoms with Gasteiger partial charge < -0.3 is 11.2 Å². The van der Waals surface area contributed by atoms with Gasteiger partial charge in [-0.1, -0.05) is 55.9 Å². The number of thioether (sulfide) groups is 1. The predicted molar refractivity (Wildman–Crippen MR) is 131 cm³/mol. The Morgan fingerprint density at radius 2 is 1.85 bits per heavy atom. The number of hydrogen-bond acceptors (Lipinski definition) is 7. The Kier molecular flexibility index (Phi) is 7.77. The summed E-state index contributed by atoms with van der Waals surface area (Å²) in [5.74, 6) is 6.33. The summed E-state index contributed by atoms with van der Waals surface area (Å²) in [5.41, 5.74) is 2.23. The zero-order valence-electron chi connectivity index (χ0n) is 19.0. The molecule has 3 rings (SSSR count). The van der Waals surface area contributed by atoms with Crippen molar-refractivity contribution in [2.24, 2.45) is 0 Å². The molecule has 176 valence electrons. The van der Waals surface area contributed by atoms with E-state index in [-0.39, 0.29) is 10.8 Å². The second kappa shape index (κ2) is 10.4. The second-order valence-electron chi connectivity index (χ2n) is 7.36. The fourth-order valence-electron chi connectivity index (χ4n) is 3.22. The molecule has 1 aromatic heterocycles. The molecule has 0 spiro atoms. The number of carbonyl (C=O) groups is 1. The number of benzene rings is 2. The molecule has 3 N–H and O–H groups in total. The molecular weight excluding hydrogens is 460 g/mol. The minimum absolute atomic E-state index is 0.159. The van der Waals surface area contributed by atoms with Crippen molar-refractivity contribution < 1.29 is 13.2 Å². The van der Waals surface area contributed by atoms with Gasteiger partial charge in [0.05, 0.1) is 10.1 Å². The zero-order valence-corrected chi connectivity index (χ0v) is 20.7. The van der Waals surface area contributed by atoms with Crippen molar-refractivity contribution in [3.63, 3.8) is 0 Å². The van der Waals surface area contributed by atoms with E-state index in [1.807, 2.05) is 31.2 Å². The number of nitrogens with zero attached hydrogens (tertiary/aromatic N) is 4. The van der Waals surface area contributed by atoms with E-state index in [4.69, 9.17) is 5.84 Å². The first-order chi connectivity index (χ1) is 15.7. The molecule has 0 aliphatic heterocycles. The number of rotatable bonds is 9. The van der Waals surface area contributed by atoms with E-state index in [0.717, 1.165) is 11.3 Å². The Hall–Kier alpha value is -2.89. The SMILES string of the molecule is CCN(CC)S(=O)(=O)c1cccc(-c2nnc(SC(C)C(=O)Nc3ccccc3C)n2N)c1. The van der Waals surface area contributed by atoms with Crippen molar-refractivity contribution in [3.05, 3.63) is 54.1 Å². The van der Waals surface area contributed by atoms with Gasteiger partial charge in [-0.25, -0.2) is 13.1 Å². The van der Waals surface area contributed by atoms with E-state index in [1.54, 1.807) is 39.0 Å². The first-order valence-corrected chi connectivity index (χ1v) is 12.8. The van der Waals surface area contributed by atoms with Crippen LogP contribution in [0.3, 0.4) is 0 Å². The summed E-state index contributed by atoms with van der Waals surface area (Å²) in [4.78, 5) is 12.8. The van der Waals surface area contributed by atoms with Crippen LogP contribution in [0.2, 0.25) is 0 Å². The fourth-order valence-corrected chi connectivity index (χ4v) is 5.50. The molecule has 1 heterocycles. The number of nitrogens with two attached hydrogens (primary N) is 1. The Labute approximate surface area is 198 Å². The average Bonchev–Trinajstić information content (AvgIpc) is 3.16. The van der Waals surface area contributed by atoms with Gasteiger partial charge in [-0.2, -0.15) is 4.31 Å². The van der Waals surface area contributed by atoms with E-state index >= 15 is 0 Å². The molecule has 11 heteroatoms. The molecule has 3 aromatic rings. The molecule has 0 saturated heterocycles. The standard InChI is InChI=1S/C22H28N6O3S2/c1-5-27(6-2)33(30,31)18-12-9-11-17(14-18)20-25-26-22(28(20)23)32-16(4)21(29)24-19-13-8-7-10-15(19)3/h7-14,16H,5-6,23H2,1-4H3,(H,24,29). The number of carbonyl (C=O) groups excluding carboxylic acids is 1. The molecule has 0 aliphatic rings. The van der Waals surface area contributed by atoms with Crippen molar-refractivity contribution in [2.45, 2.75) is 43.0 Å². The normalized spacial score (nSPS) is 12.6. The maximum atomic E-state index is 12.9. The van der Waals surface area contributed by atoms with Crippen LogP contribution in [0.4, 0.5) is 5.69 Å². The van der Waals surface area contributed by atoms with Crippen LogP contribution in [0.25, 0.3) is 11.4 Å². The van der Waals surface area contributed by atoms with E-state index in [9.17, 15) is 13.2 Å². The van der Waals surface area contributed by atoms with Gasteiger partial charge in [0, 0.05) is 24.3 Å². The lowest BCUT2D eigenvalue weighted by Crippen LogP contribution is -2.30. The van der Waals surface area contributed by atoms with Crippen LogP contribution in [-0.2, 0) is 14.8 Å². The molecular formula is C22H28N6O3S2. The smallest absolute Gasteiger partial charge is 0.243 e. The number of nitrogen functional groups attached to an aromatic ring is 1. The van der Waals surface area contributed by atoms with Crippen LogP contribution in [0, 0.1) is 6.92 Å². The van der Waals surface area contributed by atoms with Gasteiger partial charge in [0.25, 0.3) is 0 Å². The first-order valence-electron chi connectivity index (χ1n) is 10.5. The second-order valence-corrected chi connectivity index (χ2v) is 10.6. The van der Waals surface area contributed by atoms with E-state index < -0.39 is 15.3 Å². The maximum absolute atomic E-state index is 12.9. The summed E-state index contributed by atoms with van der Waals surface area (Å²) in [6.45, 7) is 8.01. The lowest BCUT2D eigenvalue weighted by atomic mass is 10.2. The highest BCUT2D eigenvalue weighted by Gasteiger charge is 2.24. The third kappa shape index (κ3) is 5.37. The molecule has 0 aliphatic carbocycles. The van der Waals surface area contributed by atoms with Gasteiger partial charge in [0.15, 0.2) is 5.82 Å². The van der Waals surface area contributed by atoms with Gasteiger partial charge in [0.2, 0.25) is 21.1 Å². The Bertz CT molecular complexity index is 1240. The Balaban J connectivity index is 1.80. The summed E-state index contributed by atoms with van der Waals surface area (Å²) < 4.78 is 28.4. The van der Waals surface area contributed by atoms with Crippen LogP contribution in [0.15, 0.2) is 58.6 Å². The van der Waals surface area contributed by atoms with E-state index in [1.165, 1.54) is 26.8 Å². The minimum atomic E-state index is -3.62. The maximum Gasteiger partial charge on any atom is 0.243 e. The molecule has 0 bridgehead atoms. The molecule has 2 aromatic carbocycles. The van der Waals surface area contributed by atoms with E-state index in [0.29, 0.717) is 29.6 Å². The van der Waals surface area contributed by atoms with Gasteiger partial charge in [-0.05, 0) is 37.6 Å². The summed E-state index contributed by atoms with van der Waals surface area (Å²) in [7, 11) is -3.62. The van der Waals surface area contributed by atoms with Gasteiger partial charge in [-0.15, -0.1) is 10.2 Å². The summed E-state index contributed by atoms with van der Waals surface area (Å²) >= 11 is 1.17. The lowest BCUT2D eigenvalue weighted by Gasteiger charge is -2.18. The van der Waals surface area contributed by atoms with Crippen molar-refractivity contribution in [1.29, 1.82) is 0 Å². The Morgan fingerprint density at radius 1 is 1.15 bits per heavy atom. The molecule has 0 saturated carbocycles. The highest BCUT2D eigenvalue weighted by molar-refractivity contribution is 8.00. The highest BCUT2D eigenvalue weighted by Crippen LogP contribution is 2.27. The highest BCUT2D eigenvalue weighted by atomic mass is 32.2. The van der Waals surface area contributed by atoms with Crippen molar-refractivity contribution in [1.82, 2.24) is 19.2 Å². The van der Waals surface area contributed by atoms with Gasteiger partial charge >= 0.3 is 0 Å². The van der Waals surface area contributed by atoms with Gasteiger partial charge in [-0.3, -0.25) is 4.79 Å². The topological polar surface area (TPSA) is 123 Å². The number of amides is 1. The number of para-hydroxylation sites is 1. The van der Waals surface area contributed by atoms with Crippen LogP contribution in [0.1, 0.15) is 26.3 Å². The summed E-state index contributed by atoms with van der Waals surface area (Å²) in [6, 6.07) is 14.0. The summed E-state index contributed by atoms with van der Waals surface area (Å²) in [5, 5.41) is 11.0.